The largest absolute Gasteiger partial charge is 0.379 e. The summed E-state index contributed by atoms with van der Waals surface area (Å²) in [6.07, 6.45) is 3.75. The zero-order valence-electron chi connectivity index (χ0n) is 14.3. The average Bonchev–Trinajstić information content (AvgIpc) is 3.16. The molecule has 128 valence electrons. The summed E-state index contributed by atoms with van der Waals surface area (Å²) in [6.45, 7) is 3.42. The molecule has 0 saturated carbocycles. The monoisotopic (exact) mass is 335 g/mol. The summed E-state index contributed by atoms with van der Waals surface area (Å²) in [5, 5.41) is 13.8. The van der Waals surface area contributed by atoms with Crippen molar-refractivity contribution in [1.29, 1.82) is 0 Å². The quantitative estimate of drug-likeness (QED) is 0.665. The van der Waals surface area contributed by atoms with Crippen molar-refractivity contribution in [1.82, 2.24) is 9.97 Å². The van der Waals surface area contributed by atoms with Crippen molar-refractivity contribution in [2.75, 3.05) is 5.32 Å². The highest BCUT2D eigenvalue weighted by atomic mass is 16.3. The third kappa shape index (κ3) is 3.46. The number of nitrogens with zero attached hydrogens (tertiary/aromatic N) is 1. The number of hydrogen-bond acceptors (Lipinski definition) is 3. The Morgan fingerprint density at radius 2 is 1.96 bits per heavy atom. The van der Waals surface area contributed by atoms with E-state index in [0.717, 1.165) is 22.4 Å². The molecule has 3 N–H and O–H groups in total. The molecule has 1 amide bonds. The Morgan fingerprint density at radius 1 is 1.20 bits per heavy atom. The second-order valence-corrected chi connectivity index (χ2v) is 6.02. The SMILES string of the molecule is CC[C@](O)(c1ccc(-c2cccc(NC(C)=O)c2)cc1)c1cnc[nH]1. The van der Waals surface area contributed by atoms with Gasteiger partial charge in [-0.05, 0) is 35.2 Å². The number of H-pyrrole nitrogens is 1. The molecule has 3 rings (SSSR count). The molecule has 25 heavy (non-hydrogen) atoms. The van der Waals surface area contributed by atoms with Gasteiger partial charge in [-0.2, -0.15) is 0 Å². The normalized spacial score (nSPS) is 13.2. The highest BCUT2D eigenvalue weighted by Crippen LogP contribution is 2.33. The molecular formula is C20H21N3O2. The maximum Gasteiger partial charge on any atom is 0.221 e. The van der Waals surface area contributed by atoms with Crippen molar-refractivity contribution in [2.45, 2.75) is 25.9 Å². The molecule has 1 atom stereocenters. The molecule has 0 aliphatic rings. The van der Waals surface area contributed by atoms with Crippen LogP contribution in [0.1, 0.15) is 31.5 Å². The Bertz CT molecular complexity index is 857. The first-order chi connectivity index (χ1) is 12.0. The molecule has 0 spiro atoms. The fourth-order valence-corrected chi connectivity index (χ4v) is 2.95. The van der Waals surface area contributed by atoms with Gasteiger partial charge in [0.1, 0.15) is 5.60 Å². The third-order valence-electron chi connectivity index (χ3n) is 4.33. The summed E-state index contributed by atoms with van der Waals surface area (Å²) in [5.74, 6) is -0.0972. The number of anilines is 1. The summed E-state index contributed by atoms with van der Waals surface area (Å²) >= 11 is 0. The van der Waals surface area contributed by atoms with Crippen LogP contribution in [0.2, 0.25) is 0 Å². The van der Waals surface area contributed by atoms with Crippen LogP contribution in [-0.2, 0) is 10.4 Å². The molecule has 0 bridgehead atoms. The molecule has 2 aromatic carbocycles. The number of benzene rings is 2. The number of aliphatic hydroxyl groups is 1. The lowest BCUT2D eigenvalue weighted by Crippen LogP contribution is -2.26. The lowest BCUT2D eigenvalue weighted by atomic mass is 9.87. The van der Waals surface area contributed by atoms with E-state index in [4.69, 9.17) is 0 Å². The lowest BCUT2D eigenvalue weighted by molar-refractivity contribution is -0.114. The predicted octanol–water partition coefficient (Wildman–Crippen LogP) is 3.68. The Hall–Kier alpha value is -2.92. The molecule has 0 saturated heterocycles. The minimum absolute atomic E-state index is 0.0972. The van der Waals surface area contributed by atoms with Gasteiger partial charge in [-0.3, -0.25) is 4.79 Å². The molecular weight excluding hydrogens is 314 g/mol. The van der Waals surface area contributed by atoms with E-state index >= 15 is 0 Å². The third-order valence-corrected chi connectivity index (χ3v) is 4.33. The molecule has 1 heterocycles. The topological polar surface area (TPSA) is 78.0 Å². The first-order valence-corrected chi connectivity index (χ1v) is 8.22. The number of rotatable bonds is 5. The van der Waals surface area contributed by atoms with E-state index in [1.807, 2.05) is 55.5 Å². The number of imidazole rings is 1. The van der Waals surface area contributed by atoms with E-state index in [0.29, 0.717) is 12.1 Å². The first-order valence-electron chi connectivity index (χ1n) is 8.22. The van der Waals surface area contributed by atoms with Crippen molar-refractivity contribution in [3.63, 3.8) is 0 Å². The summed E-state index contributed by atoms with van der Waals surface area (Å²) < 4.78 is 0. The van der Waals surface area contributed by atoms with Crippen LogP contribution in [0.3, 0.4) is 0 Å². The van der Waals surface area contributed by atoms with E-state index in [1.165, 1.54) is 6.92 Å². The van der Waals surface area contributed by atoms with Gasteiger partial charge in [-0.15, -0.1) is 0 Å². The second-order valence-electron chi connectivity index (χ2n) is 6.02. The van der Waals surface area contributed by atoms with Crippen LogP contribution < -0.4 is 5.32 Å². The highest BCUT2D eigenvalue weighted by molar-refractivity contribution is 5.89. The van der Waals surface area contributed by atoms with Crippen molar-refractivity contribution >= 4 is 11.6 Å². The molecule has 5 heteroatoms. The van der Waals surface area contributed by atoms with Gasteiger partial charge >= 0.3 is 0 Å². The van der Waals surface area contributed by atoms with Crippen LogP contribution in [-0.4, -0.2) is 21.0 Å². The van der Waals surface area contributed by atoms with E-state index in [1.54, 1.807) is 12.5 Å². The fraction of sp³-hybridized carbons (Fsp3) is 0.200. The highest BCUT2D eigenvalue weighted by Gasteiger charge is 2.30. The number of amides is 1. The summed E-state index contributed by atoms with van der Waals surface area (Å²) in [7, 11) is 0. The minimum Gasteiger partial charge on any atom is -0.379 e. The first kappa shape index (κ1) is 16.9. The second kappa shape index (κ2) is 6.91. The standard InChI is InChI=1S/C20H21N3O2/c1-3-20(25,19-12-21-13-22-19)17-9-7-15(8-10-17)16-5-4-6-18(11-16)23-14(2)24/h4-13,25H,3H2,1-2H3,(H,21,22)(H,23,24)/t20-/m0/s1. The van der Waals surface area contributed by atoms with Gasteiger partial charge in [0.15, 0.2) is 0 Å². The van der Waals surface area contributed by atoms with Crippen LogP contribution in [0.25, 0.3) is 11.1 Å². The number of nitrogens with one attached hydrogen (secondary N) is 2. The van der Waals surface area contributed by atoms with Crippen LogP contribution in [0.15, 0.2) is 61.1 Å². The van der Waals surface area contributed by atoms with Crippen LogP contribution in [0.4, 0.5) is 5.69 Å². The molecule has 1 aromatic heterocycles. The van der Waals surface area contributed by atoms with E-state index in [2.05, 4.69) is 15.3 Å². The number of carbonyl (C=O) groups is 1. The lowest BCUT2D eigenvalue weighted by Gasteiger charge is -2.26. The van der Waals surface area contributed by atoms with Crippen LogP contribution in [0, 0.1) is 0 Å². The Morgan fingerprint density at radius 3 is 2.56 bits per heavy atom. The molecule has 0 unspecified atom stereocenters. The van der Waals surface area contributed by atoms with Crippen molar-refractivity contribution in [3.05, 3.63) is 72.3 Å². The van der Waals surface area contributed by atoms with Gasteiger partial charge < -0.3 is 15.4 Å². The van der Waals surface area contributed by atoms with Gasteiger partial charge in [0.05, 0.1) is 18.2 Å². The number of aromatic amines is 1. The molecule has 0 aliphatic heterocycles. The zero-order chi connectivity index (χ0) is 17.9. The van der Waals surface area contributed by atoms with E-state index < -0.39 is 5.60 Å². The fourth-order valence-electron chi connectivity index (χ4n) is 2.95. The summed E-state index contributed by atoms with van der Waals surface area (Å²) in [4.78, 5) is 18.2. The maximum atomic E-state index is 11.2. The summed E-state index contributed by atoms with van der Waals surface area (Å²) in [5.41, 5.74) is 3.17. The summed E-state index contributed by atoms with van der Waals surface area (Å²) in [6, 6.07) is 15.5. The van der Waals surface area contributed by atoms with Gasteiger partial charge in [-0.25, -0.2) is 4.98 Å². The molecule has 0 fully saturated rings. The van der Waals surface area contributed by atoms with Gasteiger partial charge in [-0.1, -0.05) is 43.3 Å². The maximum absolute atomic E-state index is 11.2. The zero-order valence-corrected chi connectivity index (χ0v) is 14.3. The molecule has 3 aromatic rings. The van der Waals surface area contributed by atoms with E-state index in [-0.39, 0.29) is 5.91 Å². The number of carbonyl (C=O) groups excluding carboxylic acids is 1. The van der Waals surface area contributed by atoms with Gasteiger partial charge in [0, 0.05) is 12.6 Å². The molecule has 5 nitrogen and oxygen atoms in total. The smallest absolute Gasteiger partial charge is 0.221 e. The Balaban J connectivity index is 1.91. The minimum atomic E-state index is -1.09. The Labute approximate surface area is 146 Å². The molecule has 0 radical (unpaired) electrons. The molecule has 0 aliphatic carbocycles. The number of hydrogen-bond donors (Lipinski definition) is 3. The predicted molar refractivity (Wildman–Crippen MR) is 98.1 cm³/mol. The van der Waals surface area contributed by atoms with Gasteiger partial charge in [0.25, 0.3) is 0 Å². The number of aromatic nitrogens is 2. The van der Waals surface area contributed by atoms with Crippen LogP contribution in [0.5, 0.6) is 0 Å². The van der Waals surface area contributed by atoms with E-state index in [9.17, 15) is 9.90 Å². The van der Waals surface area contributed by atoms with Crippen molar-refractivity contribution in [3.8, 4) is 11.1 Å². The van der Waals surface area contributed by atoms with Crippen LogP contribution >= 0.6 is 0 Å². The average molecular weight is 335 g/mol. The van der Waals surface area contributed by atoms with Crippen molar-refractivity contribution < 1.29 is 9.90 Å². The van der Waals surface area contributed by atoms with Gasteiger partial charge in [0.2, 0.25) is 5.91 Å². The van der Waals surface area contributed by atoms with Crippen molar-refractivity contribution in [2.24, 2.45) is 0 Å². The Kier molecular flexibility index (Phi) is 4.67.